The van der Waals surface area contributed by atoms with Gasteiger partial charge >= 0.3 is 12.0 Å². The first kappa shape index (κ1) is 16.2. The van der Waals surface area contributed by atoms with E-state index in [4.69, 9.17) is 5.11 Å². The first-order chi connectivity index (χ1) is 10.5. The molecule has 1 aromatic heterocycles. The highest BCUT2D eigenvalue weighted by molar-refractivity contribution is 5.76. The smallest absolute Gasteiger partial charge is 0.317 e. The third-order valence-corrected chi connectivity index (χ3v) is 3.76. The minimum atomic E-state index is -0.836. The molecule has 2 amide bonds. The van der Waals surface area contributed by atoms with Gasteiger partial charge in [-0.05, 0) is 24.8 Å². The Bertz CT molecular complexity index is 532. The maximum atomic E-state index is 12.1. The van der Waals surface area contributed by atoms with Crippen LogP contribution < -0.4 is 5.32 Å². The Hall–Kier alpha value is -2.18. The molecule has 2 unspecified atom stereocenters. The van der Waals surface area contributed by atoms with Gasteiger partial charge in [-0.25, -0.2) is 14.8 Å². The van der Waals surface area contributed by atoms with Gasteiger partial charge in [0.2, 0.25) is 0 Å². The van der Waals surface area contributed by atoms with Crippen LogP contribution in [0.2, 0.25) is 0 Å². The Morgan fingerprint density at radius 1 is 1.36 bits per heavy atom. The summed E-state index contributed by atoms with van der Waals surface area (Å²) in [5, 5.41) is 11.9. The van der Waals surface area contributed by atoms with Gasteiger partial charge < -0.3 is 15.3 Å². The number of hydrogen-bond donors (Lipinski definition) is 2. The van der Waals surface area contributed by atoms with Crippen LogP contribution in [0.15, 0.2) is 12.4 Å². The first-order valence-electron chi connectivity index (χ1n) is 7.49. The van der Waals surface area contributed by atoms with E-state index in [0.29, 0.717) is 31.8 Å². The zero-order chi connectivity index (χ0) is 16.1. The van der Waals surface area contributed by atoms with Gasteiger partial charge in [-0.1, -0.05) is 6.92 Å². The fraction of sp³-hybridized carbons (Fsp3) is 0.600. The lowest BCUT2D eigenvalue weighted by molar-refractivity contribution is -0.143. The van der Waals surface area contributed by atoms with Crippen LogP contribution in [0, 0.1) is 18.8 Å². The minimum absolute atomic E-state index is 0.195. The number of aryl methyl sites for hydroxylation is 1. The van der Waals surface area contributed by atoms with Gasteiger partial charge in [-0.2, -0.15) is 0 Å². The van der Waals surface area contributed by atoms with E-state index in [1.807, 2.05) is 13.8 Å². The second kappa shape index (κ2) is 7.20. The maximum Gasteiger partial charge on any atom is 0.317 e. The average Bonchev–Trinajstić information content (AvgIpc) is 2.48. The Morgan fingerprint density at radius 3 is 2.68 bits per heavy atom. The number of aromatic nitrogens is 2. The number of carbonyl (C=O) groups is 2. The van der Waals surface area contributed by atoms with E-state index in [0.717, 1.165) is 5.56 Å². The number of piperidine rings is 1. The minimum Gasteiger partial charge on any atom is -0.481 e. The molecule has 7 nitrogen and oxygen atoms in total. The molecule has 1 fully saturated rings. The highest BCUT2D eigenvalue weighted by Crippen LogP contribution is 2.21. The molecule has 2 N–H and O–H groups in total. The molecule has 7 heteroatoms. The molecule has 1 saturated heterocycles. The van der Waals surface area contributed by atoms with Gasteiger partial charge in [-0.3, -0.25) is 4.79 Å². The lowest BCUT2D eigenvalue weighted by Crippen LogP contribution is -2.49. The summed E-state index contributed by atoms with van der Waals surface area (Å²) < 4.78 is 0. The van der Waals surface area contributed by atoms with Gasteiger partial charge in [0.25, 0.3) is 0 Å². The number of rotatable bonds is 4. The van der Waals surface area contributed by atoms with Gasteiger partial charge in [0.15, 0.2) is 0 Å². The van der Waals surface area contributed by atoms with Gasteiger partial charge in [0, 0.05) is 38.4 Å². The fourth-order valence-corrected chi connectivity index (χ4v) is 2.64. The first-order valence-corrected chi connectivity index (χ1v) is 7.49. The van der Waals surface area contributed by atoms with E-state index < -0.39 is 11.9 Å². The van der Waals surface area contributed by atoms with Crippen molar-refractivity contribution < 1.29 is 14.7 Å². The summed E-state index contributed by atoms with van der Waals surface area (Å²) in [6.07, 6.45) is 4.66. The molecule has 0 aliphatic carbocycles. The van der Waals surface area contributed by atoms with Crippen molar-refractivity contribution in [3.63, 3.8) is 0 Å². The molecule has 0 saturated carbocycles. The Balaban J connectivity index is 1.81. The number of carbonyl (C=O) groups excluding carboxylic acids is 1. The van der Waals surface area contributed by atoms with E-state index in [1.165, 1.54) is 0 Å². The van der Waals surface area contributed by atoms with Crippen LogP contribution in [0.5, 0.6) is 0 Å². The number of amides is 2. The number of urea groups is 1. The van der Waals surface area contributed by atoms with E-state index in [1.54, 1.807) is 17.3 Å². The summed E-state index contributed by atoms with van der Waals surface area (Å²) in [4.78, 5) is 33.2. The van der Waals surface area contributed by atoms with Crippen molar-refractivity contribution in [1.29, 1.82) is 0 Å². The molecule has 2 heterocycles. The summed E-state index contributed by atoms with van der Waals surface area (Å²) in [6.45, 7) is 5.19. The molecule has 0 radical (unpaired) electrons. The van der Waals surface area contributed by atoms with Crippen molar-refractivity contribution in [3.8, 4) is 0 Å². The van der Waals surface area contributed by atoms with Gasteiger partial charge in [-0.15, -0.1) is 0 Å². The molecular formula is C15H22N4O3. The van der Waals surface area contributed by atoms with Crippen LogP contribution in [0.3, 0.4) is 0 Å². The monoisotopic (exact) mass is 306 g/mol. The van der Waals surface area contributed by atoms with E-state index in [9.17, 15) is 9.59 Å². The number of likely N-dealkylation sites (tertiary alicyclic amines) is 1. The lowest BCUT2D eigenvalue weighted by Gasteiger charge is -2.34. The highest BCUT2D eigenvalue weighted by atomic mass is 16.4. The van der Waals surface area contributed by atoms with Crippen LogP contribution in [-0.4, -0.2) is 51.6 Å². The SMILES string of the molecule is Cc1cnc(CCNC(=O)N2CC(C)CC(C(=O)O)C2)nc1. The second-order valence-electron chi connectivity index (χ2n) is 5.94. The number of carboxylic acids is 1. The van der Waals surface area contributed by atoms with Crippen molar-refractivity contribution in [1.82, 2.24) is 20.2 Å². The predicted octanol–water partition coefficient (Wildman–Crippen LogP) is 1.08. The third kappa shape index (κ3) is 4.41. The van der Waals surface area contributed by atoms with E-state index >= 15 is 0 Å². The Morgan fingerprint density at radius 2 is 2.05 bits per heavy atom. The Kier molecular flexibility index (Phi) is 5.30. The molecule has 0 bridgehead atoms. The number of nitrogens with zero attached hydrogens (tertiary/aromatic N) is 3. The van der Waals surface area contributed by atoms with Gasteiger partial charge in [0.05, 0.1) is 5.92 Å². The second-order valence-corrected chi connectivity index (χ2v) is 5.94. The standard InChI is InChI=1S/C15H22N4O3/c1-10-5-12(14(20)21)9-19(8-10)15(22)16-4-3-13-17-6-11(2)7-18-13/h6-7,10,12H,3-5,8-9H2,1-2H3,(H,16,22)(H,20,21). The largest absolute Gasteiger partial charge is 0.481 e. The number of aliphatic carboxylic acids is 1. The molecule has 1 aliphatic heterocycles. The highest BCUT2D eigenvalue weighted by Gasteiger charge is 2.31. The zero-order valence-corrected chi connectivity index (χ0v) is 13.0. The molecule has 0 aromatic carbocycles. The average molecular weight is 306 g/mol. The molecule has 2 rings (SSSR count). The third-order valence-electron chi connectivity index (χ3n) is 3.76. The van der Waals surface area contributed by atoms with Crippen molar-refractivity contribution in [2.75, 3.05) is 19.6 Å². The molecule has 0 spiro atoms. The molecule has 22 heavy (non-hydrogen) atoms. The number of hydrogen-bond acceptors (Lipinski definition) is 4. The van der Waals surface area contributed by atoms with E-state index in [-0.39, 0.29) is 18.5 Å². The summed E-state index contributed by atoms with van der Waals surface area (Å²) in [5.41, 5.74) is 0.995. The predicted molar refractivity (Wildman–Crippen MR) is 80.4 cm³/mol. The molecular weight excluding hydrogens is 284 g/mol. The number of carboxylic acid groups (broad SMARTS) is 1. The number of nitrogens with one attached hydrogen (secondary N) is 1. The molecule has 1 aliphatic rings. The zero-order valence-electron chi connectivity index (χ0n) is 13.0. The topological polar surface area (TPSA) is 95.4 Å². The van der Waals surface area contributed by atoms with E-state index in [2.05, 4.69) is 15.3 Å². The summed E-state index contributed by atoms with van der Waals surface area (Å²) in [5.74, 6) is -0.435. The molecule has 1 aromatic rings. The van der Waals surface area contributed by atoms with Crippen molar-refractivity contribution >= 4 is 12.0 Å². The molecule has 120 valence electrons. The van der Waals surface area contributed by atoms with Crippen LogP contribution in [-0.2, 0) is 11.2 Å². The van der Waals surface area contributed by atoms with Crippen molar-refractivity contribution in [2.24, 2.45) is 11.8 Å². The van der Waals surface area contributed by atoms with Crippen molar-refractivity contribution in [2.45, 2.75) is 26.7 Å². The normalized spacial score (nSPS) is 21.5. The molecule has 2 atom stereocenters. The summed E-state index contributed by atoms with van der Waals surface area (Å²) in [7, 11) is 0. The van der Waals surface area contributed by atoms with Crippen LogP contribution in [0.1, 0.15) is 24.7 Å². The Labute approximate surface area is 129 Å². The maximum absolute atomic E-state index is 12.1. The summed E-state index contributed by atoms with van der Waals surface area (Å²) in [6, 6.07) is -0.218. The lowest BCUT2D eigenvalue weighted by atomic mass is 9.91. The van der Waals surface area contributed by atoms with Crippen LogP contribution in [0.25, 0.3) is 0 Å². The van der Waals surface area contributed by atoms with Gasteiger partial charge in [0.1, 0.15) is 5.82 Å². The van der Waals surface area contributed by atoms with Crippen LogP contribution in [0.4, 0.5) is 4.79 Å². The van der Waals surface area contributed by atoms with Crippen molar-refractivity contribution in [3.05, 3.63) is 23.8 Å². The van der Waals surface area contributed by atoms with Crippen LogP contribution >= 0.6 is 0 Å². The summed E-state index contributed by atoms with van der Waals surface area (Å²) >= 11 is 0. The quantitative estimate of drug-likeness (QED) is 0.868. The fourth-order valence-electron chi connectivity index (χ4n) is 2.64.